The van der Waals surface area contributed by atoms with Gasteiger partial charge in [-0.1, -0.05) is 48.5 Å². The van der Waals surface area contributed by atoms with Crippen molar-refractivity contribution in [3.63, 3.8) is 0 Å². The first-order chi connectivity index (χ1) is 16.7. The third-order valence-corrected chi connectivity index (χ3v) is 5.69. The number of carbonyl (C=O) groups excluding carboxylic acids is 2. The summed E-state index contributed by atoms with van der Waals surface area (Å²) in [4.78, 5) is 29.0. The SMILES string of the molecule is CCc1ccc([C@@H](C(=O)NC(C)(C)C)N(Cc2ccco2)C(=O)Cn2nnc3ccccc32)cc1. The van der Waals surface area contributed by atoms with Crippen molar-refractivity contribution in [2.24, 2.45) is 0 Å². The zero-order valence-corrected chi connectivity index (χ0v) is 20.6. The molecule has 0 spiro atoms. The molecular weight excluding hydrogens is 442 g/mol. The molecule has 0 bridgehead atoms. The topological polar surface area (TPSA) is 93.3 Å². The van der Waals surface area contributed by atoms with Gasteiger partial charge in [0, 0.05) is 5.54 Å². The molecular formula is C27H31N5O3. The molecule has 2 aromatic heterocycles. The average molecular weight is 474 g/mol. The molecule has 0 fully saturated rings. The van der Waals surface area contributed by atoms with Gasteiger partial charge in [0.25, 0.3) is 0 Å². The van der Waals surface area contributed by atoms with Crippen LogP contribution in [0.4, 0.5) is 0 Å². The number of carbonyl (C=O) groups is 2. The lowest BCUT2D eigenvalue weighted by Gasteiger charge is -2.33. The van der Waals surface area contributed by atoms with E-state index in [1.165, 1.54) is 0 Å². The molecule has 0 unspecified atom stereocenters. The highest BCUT2D eigenvalue weighted by Gasteiger charge is 2.34. The van der Waals surface area contributed by atoms with Gasteiger partial charge in [-0.25, -0.2) is 4.68 Å². The van der Waals surface area contributed by atoms with Crippen LogP contribution >= 0.6 is 0 Å². The van der Waals surface area contributed by atoms with E-state index in [-0.39, 0.29) is 24.9 Å². The third kappa shape index (κ3) is 5.77. The van der Waals surface area contributed by atoms with Crippen molar-refractivity contribution < 1.29 is 14.0 Å². The number of amides is 2. The number of furan rings is 1. The average Bonchev–Trinajstić information content (AvgIpc) is 3.48. The Morgan fingerprint density at radius 2 is 1.80 bits per heavy atom. The van der Waals surface area contributed by atoms with Gasteiger partial charge in [-0.3, -0.25) is 9.59 Å². The summed E-state index contributed by atoms with van der Waals surface area (Å²) in [7, 11) is 0. The molecule has 0 saturated heterocycles. The van der Waals surface area contributed by atoms with Crippen molar-refractivity contribution in [3.05, 3.63) is 83.8 Å². The minimum Gasteiger partial charge on any atom is -0.467 e. The molecule has 2 amide bonds. The Labute approximate surface area is 204 Å². The minimum absolute atomic E-state index is 0.0619. The summed E-state index contributed by atoms with van der Waals surface area (Å²) >= 11 is 0. The molecule has 8 nitrogen and oxygen atoms in total. The van der Waals surface area contributed by atoms with E-state index in [1.54, 1.807) is 28.0 Å². The number of aromatic nitrogens is 3. The normalized spacial score (nSPS) is 12.5. The predicted molar refractivity (Wildman–Crippen MR) is 133 cm³/mol. The van der Waals surface area contributed by atoms with Crippen molar-refractivity contribution >= 4 is 22.8 Å². The van der Waals surface area contributed by atoms with E-state index >= 15 is 0 Å². The van der Waals surface area contributed by atoms with E-state index in [9.17, 15) is 9.59 Å². The summed E-state index contributed by atoms with van der Waals surface area (Å²) in [5.74, 6) is 0.0521. The van der Waals surface area contributed by atoms with Crippen LogP contribution in [-0.4, -0.2) is 37.2 Å². The van der Waals surface area contributed by atoms with Gasteiger partial charge in [0.15, 0.2) is 0 Å². The van der Waals surface area contributed by atoms with Crippen LogP contribution in [0.2, 0.25) is 0 Å². The molecule has 0 aliphatic carbocycles. The first-order valence-corrected chi connectivity index (χ1v) is 11.8. The Morgan fingerprint density at radius 1 is 1.06 bits per heavy atom. The van der Waals surface area contributed by atoms with Crippen molar-refractivity contribution in [3.8, 4) is 0 Å². The van der Waals surface area contributed by atoms with Crippen LogP contribution in [0, 0.1) is 0 Å². The Balaban J connectivity index is 1.74. The van der Waals surface area contributed by atoms with Gasteiger partial charge in [-0.15, -0.1) is 5.10 Å². The Kier molecular flexibility index (Phi) is 7.00. The summed E-state index contributed by atoms with van der Waals surface area (Å²) in [6.45, 7) is 7.91. The molecule has 0 aliphatic rings. The van der Waals surface area contributed by atoms with Crippen LogP contribution in [-0.2, 0) is 29.1 Å². The van der Waals surface area contributed by atoms with E-state index < -0.39 is 11.6 Å². The quantitative estimate of drug-likeness (QED) is 0.412. The van der Waals surface area contributed by atoms with E-state index in [0.29, 0.717) is 11.3 Å². The molecule has 1 N–H and O–H groups in total. The van der Waals surface area contributed by atoms with Gasteiger partial charge in [-0.05, 0) is 62.6 Å². The molecule has 182 valence electrons. The molecule has 8 heteroatoms. The molecule has 35 heavy (non-hydrogen) atoms. The molecule has 2 aromatic carbocycles. The molecule has 0 radical (unpaired) electrons. The standard InChI is InChI=1S/C27H31N5O3/c1-5-19-12-14-20(15-13-19)25(26(34)28-27(2,3)4)31(17-21-9-8-16-35-21)24(33)18-32-23-11-7-6-10-22(23)29-30-32/h6-16,25H,5,17-18H2,1-4H3,(H,28,34)/t25-/m0/s1. The van der Waals surface area contributed by atoms with E-state index in [2.05, 4.69) is 22.6 Å². The summed E-state index contributed by atoms with van der Waals surface area (Å²) in [6.07, 6.45) is 2.44. The van der Waals surface area contributed by atoms with Gasteiger partial charge >= 0.3 is 0 Å². The Bertz CT molecular complexity index is 1290. The Morgan fingerprint density at radius 3 is 2.46 bits per heavy atom. The second kappa shape index (κ2) is 10.1. The summed E-state index contributed by atoms with van der Waals surface area (Å²) in [5, 5.41) is 11.4. The second-order valence-corrected chi connectivity index (χ2v) is 9.57. The van der Waals surface area contributed by atoms with Crippen molar-refractivity contribution in [2.75, 3.05) is 0 Å². The number of nitrogens with zero attached hydrogens (tertiary/aromatic N) is 4. The highest BCUT2D eigenvalue weighted by Crippen LogP contribution is 2.26. The van der Waals surface area contributed by atoms with Gasteiger partial charge in [0.05, 0.1) is 18.3 Å². The molecule has 4 rings (SSSR count). The van der Waals surface area contributed by atoms with Crippen LogP contribution in [0.25, 0.3) is 11.0 Å². The lowest BCUT2D eigenvalue weighted by molar-refractivity contribution is -0.143. The fraction of sp³-hybridized carbons (Fsp3) is 0.333. The number of aryl methyl sites for hydroxylation is 1. The minimum atomic E-state index is -0.854. The monoisotopic (exact) mass is 473 g/mol. The van der Waals surface area contributed by atoms with Gasteiger partial charge in [0.1, 0.15) is 23.9 Å². The largest absolute Gasteiger partial charge is 0.467 e. The molecule has 1 atom stereocenters. The number of hydrogen-bond donors (Lipinski definition) is 1. The number of rotatable bonds is 8. The Hall–Kier alpha value is -3.94. The number of hydrogen-bond acceptors (Lipinski definition) is 5. The zero-order valence-electron chi connectivity index (χ0n) is 20.6. The maximum atomic E-state index is 13.8. The zero-order chi connectivity index (χ0) is 25.0. The summed E-state index contributed by atoms with van der Waals surface area (Å²) in [6, 6.07) is 18.0. The third-order valence-electron chi connectivity index (χ3n) is 5.69. The van der Waals surface area contributed by atoms with Crippen molar-refractivity contribution in [2.45, 2.75) is 58.8 Å². The smallest absolute Gasteiger partial charge is 0.247 e. The van der Waals surface area contributed by atoms with Crippen LogP contribution in [0.5, 0.6) is 0 Å². The summed E-state index contributed by atoms with van der Waals surface area (Å²) in [5.41, 5.74) is 2.87. The van der Waals surface area contributed by atoms with E-state index in [4.69, 9.17) is 4.42 Å². The first kappa shape index (κ1) is 24.2. The lowest BCUT2D eigenvalue weighted by atomic mass is 9.99. The van der Waals surface area contributed by atoms with E-state index in [1.807, 2.05) is 69.3 Å². The van der Waals surface area contributed by atoms with Gasteiger partial charge in [-0.2, -0.15) is 0 Å². The fourth-order valence-electron chi connectivity index (χ4n) is 3.99. The number of benzene rings is 2. The molecule has 4 aromatic rings. The van der Waals surface area contributed by atoms with Crippen molar-refractivity contribution in [1.82, 2.24) is 25.2 Å². The van der Waals surface area contributed by atoms with Crippen LogP contribution in [0.15, 0.2) is 71.3 Å². The van der Waals surface area contributed by atoms with E-state index in [0.717, 1.165) is 23.1 Å². The summed E-state index contributed by atoms with van der Waals surface area (Å²) < 4.78 is 7.12. The highest BCUT2D eigenvalue weighted by molar-refractivity contribution is 5.89. The molecule has 2 heterocycles. The van der Waals surface area contributed by atoms with Crippen LogP contribution < -0.4 is 5.32 Å². The van der Waals surface area contributed by atoms with Crippen LogP contribution in [0.3, 0.4) is 0 Å². The number of fused-ring (bicyclic) bond motifs is 1. The second-order valence-electron chi connectivity index (χ2n) is 9.57. The van der Waals surface area contributed by atoms with Crippen LogP contribution in [0.1, 0.15) is 50.6 Å². The highest BCUT2D eigenvalue weighted by atomic mass is 16.3. The van der Waals surface area contributed by atoms with Gasteiger partial charge in [0.2, 0.25) is 11.8 Å². The maximum absolute atomic E-state index is 13.8. The molecule has 0 aliphatic heterocycles. The fourth-order valence-corrected chi connectivity index (χ4v) is 3.99. The predicted octanol–water partition coefficient (Wildman–Crippen LogP) is 4.27. The molecule has 0 saturated carbocycles. The van der Waals surface area contributed by atoms with Gasteiger partial charge < -0.3 is 14.6 Å². The lowest BCUT2D eigenvalue weighted by Crippen LogP contribution is -2.49. The number of nitrogens with one attached hydrogen (secondary N) is 1. The number of para-hydroxylation sites is 1. The van der Waals surface area contributed by atoms with Crippen molar-refractivity contribution in [1.29, 1.82) is 0 Å². The first-order valence-electron chi connectivity index (χ1n) is 11.8. The maximum Gasteiger partial charge on any atom is 0.247 e.